The molecule has 0 unspecified atom stereocenters. The maximum atomic E-state index is 13.7. The third-order valence-corrected chi connectivity index (χ3v) is 6.05. The molecule has 4 atom stereocenters. The predicted octanol–water partition coefficient (Wildman–Crippen LogP) is 2.37. The second-order valence-corrected chi connectivity index (χ2v) is 9.16. The Morgan fingerprint density at radius 1 is 1.23 bits per heavy atom. The molecule has 2 aliphatic rings. The van der Waals surface area contributed by atoms with E-state index in [1.54, 1.807) is 23.4 Å². The van der Waals surface area contributed by atoms with Crippen LogP contribution in [-0.4, -0.2) is 58.1 Å². The van der Waals surface area contributed by atoms with E-state index in [0.717, 1.165) is 12.1 Å². The molecule has 2 N–H and O–H groups in total. The van der Waals surface area contributed by atoms with Crippen LogP contribution < -0.4 is 15.4 Å². The Labute approximate surface area is 180 Å². The van der Waals surface area contributed by atoms with E-state index in [2.05, 4.69) is 9.97 Å². The molecule has 2 fully saturated rings. The molecule has 0 aliphatic carbocycles. The molecule has 7 nitrogen and oxygen atoms in total. The molecule has 0 spiro atoms. The highest BCUT2D eigenvalue weighted by Gasteiger charge is 2.53. The smallest absolute Gasteiger partial charge is 0.240 e. The van der Waals surface area contributed by atoms with Crippen molar-refractivity contribution in [1.82, 2.24) is 14.9 Å². The second kappa shape index (κ2) is 8.03. The minimum absolute atomic E-state index is 0.0613. The van der Waals surface area contributed by atoms with E-state index < -0.39 is 29.2 Å². The van der Waals surface area contributed by atoms with E-state index in [0.29, 0.717) is 25.5 Å². The lowest BCUT2D eigenvalue weighted by atomic mass is 9.86. The van der Waals surface area contributed by atoms with Gasteiger partial charge in [-0.05, 0) is 30.0 Å². The lowest BCUT2D eigenvalue weighted by Gasteiger charge is -2.34. The molecule has 4 rings (SSSR count). The number of carbonyl (C=O) groups is 1. The molecule has 2 aromatic rings. The van der Waals surface area contributed by atoms with Gasteiger partial charge in [0, 0.05) is 25.0 Å². The van der Waals surface area contributed by atoms with E-state index in [-0.39, 0.29) is 23.7 Å². The maximum Gasteiger partial charge on any atom is 0.240 e. The van der Waals surface area contributed by atoms with Crippen LogP contribution >= 0.6 is 0 Å². The number of nitrogens with zero attached hydrogens (tertiary/aromatic N) is 4. The van der Waals surface area contributed by atoms with Crippen molar-refractivity contribution in [3.63, 3.8) is 0 Å². The fourth-order valence-electron chi connectivity index (χ4n) is 4.33. The number of amides is 1. The summed E-state index contributed by atoms with van der Waals surface area (Å²) in [6, 6.07) is 4.14. The first-order valence-electron chi connectivity index (χ1n) is 10.4. The van der Waals surface area contributed by atoms with Crippen molar-refractivity contribution in [1.29, 1.82) is 0 Å². The second-order valence-electron chi connectivity index (χ2n) is 9.16. The number of nitrogens with two attached hydrogens (primary N) is 1. The Morgan fingerprint density at radius 3 is 2.58 bits per heavy atom. The molecular weight excluding hydrogens is 404 g/mol. The zero-order valence-electron chi connectivity index (χ0n) is 17.8. The van der Waals surface area contributed by atoms with E-state index in [1.165, 1.54) is 6.07 Å². The highest BCUT2D eigenvalue weighted by atomic mass is 19.2. The molecule has 2 saturated heterocycles. The van der Waals surface area contributed by atoms with E-state index in [1.807, 2.05) is 25.7 Å². The van der Waals surface area contributed by atoms with Crippen molar-refractivity contribution in [2.75, 3.05) is 18.0 Å². The summed E-state index contributed by atoms with van der Waals surface area (Å²) in [5.41, 5.74) is 5.88. The molecule has 0 bridgehead atoms. The zero-order chi connectivity index (χ0) is 22.3. The molecule has 1 aromatic heterocycles. The van der Waals surface area contributed by atoms with Gasteiger partial charge in [-0.25, -0.2) is 18.7 Å². The van der Waals surface area contributed by atoms with Crippen LogP contribution in [0.25, 0.3) is 0 Å². The normalized spacial score (nSPS) is 24.3. The Balaban J connectivity index is 1.65. The fraction of sp³-hybridized carbons (Fsp3) is 0.500. The Bertz CT molecular complexity index is 953. The monoisotopic (exact) mass is 431 g/mol. The summed E-state index contributed by atoms with van der Waals surface area (Å²) in [6.45, 7) is 6.72. The minimum atomic E-state index is -0.982. The highest BCUT2D eigenvalue weighted by molar-refractivity contribution is 5.83. The molecule has 0 radical (unpaired) electrons. The number of rotatable bonds is 4. The molecule has 31 heavy (non-hydrogen) atoms. The number of hydrogen-bond acceptors (Lipinski definition) is 6. The van der Waals surface area contributed by atoms with Gasteiger partial charge in [0.05, 0.1) is 24.7 Å². The van der Waals surface area contributed by atoms with Gasteiger partial charge in [-0.15, -0.1) is 0 Å². The average molecular weight is 431 g/mol. The van der Waals surface area contributed by atoms with Gasteiger partial charge in [-0.2, -0.15) is 0 Å². The summed E-state index contributed by atoms with van der Waals surface area (Å²) in [7, 11) is 0. The lowest BCUT2D eigenvalue weighted by Crippen LogP contribution is -2.55. The van der Waals surface area contributed by atoms with Crippen LogP contribution in [0.1, 0.15) is 27.2 Å². The number of aromatic nitrogens is 2. The van der Waals surface area contributed by atoms with Crippen LogP contribution in [0.4, 0.5) is 14.7 Å². The quantitative estimate of drug-likeness (QED) is 0.800. The van der Waals surface area contributed by atoms with Crippen molar-refractivity contribution < 1.29 is 18.3 Å². The SMILES string of the molecule is CC(C)(C)[C@H](N)C(=O)N1CC[C@@H]2[C@H]1[C@@H](Oc1ccc(F)c(F)c1)CN2c1ncccn1. The van der Waals surface area contributed by atoms with Crippen molar-refractivity contribution in [3.05, 3.63) is 48.3 Å². The summed E-state index contributed by atoms with van der Waals surface area (Å²) in [5, 5.41) is 0. The van der Waals surface area contributed by atoms with Crippen LogP contribution in [0.3, 0.4) is 0 Å². The molecule has 2 aliphatic heterocycles. The summed E-state index contributed by atoms with van der Waals surface area (Å²) in [4.78, 5) is 25.8. The third-order valence-electron chi connectivity index (χ3n) is 6.05. The number of hydrogen-bond donors (Lipinski definition) is 1. The topological polar surface area (TPSA) is 84.6 Å². The van der Waals surface area contributed by atoms with Gasteiger partial charge in [0.1, 0.15) is 11.9 Å². The van der Waals surface area contributed by atoms with Gasteiger partial charge >= 0.3 is 0 Å². The minimum Gasteiger partial charge on any atom is -0.486 e. The summed E-state index contributed by atoms with van der Waals surface area (Å²) >= 11 is 0. The molecule has 1 amide bonds. The zero-order valence-corrected chi connectivity index (χ0v) is 17.8. The van der Waals surface area contributed by atoms with Crippen LogP contribution in [0.5, 0.6) is 5.75 Å². The number of fused-ring (bicyclic) bond motifs is 1. The molecule has 0 saturated carbocycles. The van der Waals surface area contributed by atoms with Crippen LogP contribution in [-0.2, 0) is 4.79 Å². The Kier molecular flexibility index (Phi) is 5.55. The number of likely N-dealkylation sites (tertiary alicyclic amines) is 1. The number of carbonyl (C=O) groups excluding carboxylic acids is 1. The summed E-state index contributed by atoms with van der Waals surface area (Å²) in [6.07, 6.45) is 3.56. The average Bonchev–Trinajstić information content (AvgIpc) is 3.31. The maximum absolute atomic E-state index is 13.7. The molecule has 166 valence electrons. The summed E-state index contributed by atoms with van der Waals surface area (Å²) in [5.74, 6) is -1.31. The lowest BCUT2D eigenvalue weighted by molar-refractivity contribution is -0.137. The van der Waals surface area contributed by atoms with Gasteiger partial charge < -0.3 is 20.3 Å². The van der Waals surface area contributed by atoms with Gasteiger partial charge in [0.25, 0.3) is 0 Å². The number of benzene rings is 1. The number of anilines is 1. The molecule has 9 heteroatoms. The van der Waals surface area contributed by atoms with E-state index in [9.17, 15) is 13.6 Å². The highest BCUT2D eigenvalue weighted by Crippen LogP contribution is 2.37. The van der Waals surface area contributed by atoms with Gasteiger partial charge in [0.2, 0.25) is 11.9 Å². The van der Waals surface area contributed by atoms with Crippen molar-refractivity contribution in [2.24, 2.45) is 11.1 Å². The van der Waals surface area contributed by atoms with E-state index >= 15 is 0 Å². The van der Waals surface area contributed by atoms with E-state index in [4.69, 9.17) is 10.5 Å². The van der Waals surface area contributed by atoms with Crippen LogP contribution in [0, 0.1) is 17.0 Å². The van der Waals surface area contributed by atoms with Gasteiger partial charge in [-0.3, -0.25) is 4.79 Å². The first-order chi connectivity index (χ1) is 14.7. The Morgan fingerprint density at radius 2 is 1.94 bits per heavy atom. The van der Waals surface area contributed by atoms with Crippen molar-refractivity contribution >= 4 is 11.9 Å². The number of halogens is 2. The molecule has 1 aromatic carbocycles. The first kappa shape index (κ1) is 21.4. The first-order valence-corrected chi connectivity index (χ1v) is 10.4. The van der Waals surface area contributed by atoms with Gasteiger partial charge in [0.15, 0.2) is 11.6 Å². The molecule has 3 heterocycles. The predicted molar refractivity (Wildman–Crippen MR) is 111 cm³/mol. The van der Waals surface area contributed by atoms with Crippen molar-refractivity contribution in [2.45, 2.75) is 51.4 Å². The fourth-order valence-corrected chi connectivity index (χ4v) is 4.33. The molecular formula is C22H27F2N5O2. The standard InChI is InChI=1S/C22H27F2N5O2/c1-22(2,3)19(25)20(30)28-10-7-16-18(28)17(12-29(16)21-26-8-4-9-27-21)31-13-5-6-14(23)15(24)11-13/h4-6,8-9,11,16-19H,7,10,12,25H2,1-3H3/t16-,17+,18+,19-/m1/s1. The van der Waals surface area contributed by atoms with Gasteiger partial charge in [-0.1, -0.05) is 20.8 Å². The largest absolute Gasteiger partial charge is 0.486 e. The van der Waals surface area contributed by atoms with Crippen LogP contribution in [0.15, 0.2) is 36.7 Å². The third kappa shape index (κ3) is 4.06. The number of ether oxygens (including phenoxy) is 1. The Hall–Kier alpha value is -2.81. The summed E-state index contributed by atoms with van der Waals surface area (Å²) < 4.78 is 33.2. The van der Waals surface area contributed by atoms with Crippen molar-refractivity contribution in [3.8, 4) is 5.75 Å². The van der Waals surface area contributed by atoms with Crippen LogP contribution in [0.2, 0.25) is 0 Å².